The summed E-state index contributed by atoms with van der Waals surface area (Å²) in [7, 11) is 0. The summed E-state index contributed by atoms with van der Waals surface area (Å²) in [6, 6.07) is 5.23. The summed E-state index contributed by atoms with van der Waals surface area (Å²) >= 11 is 5.71. The van der Waals surface area contributed by atoms with E-state index in [2.05, 4.69) is 19.2 Å². The van der Waals surface area contributed by atoms with Crippen LogP contribution in [0.1, 0.15) is 57.6 Å². The topological polar surface area (TPSA) is 12.0 Å². The fraction of sp³-hybridized carbons (Fsp3) is 0.647. The van der Waals surface area contributed by atoms with Gasteiger partial charge in [0.2, 0.25) is 0 Å². The molecule has 20 heavy (non-hydrogen) atoms. The molecule has 1 saturated carbocycles. The van der Waals surface area contributed by atoms with Crippen molar-refractivity contribution in [1.29, 1.82) is 0 Å². The quantitative estimate of drug-likeness (QED) is 0.773. The van der Waals surface area contributed by atoms with Crippen LogP contribution in [0.3, 0.4) is 0 Å². The van der Waals surface area contributed by atoms with Crippen LogP contribution >= 0.6 is 11.6 Å². The van der Waals surface area contributed by atoms with Crippen molar-refractivity contribution in [3.05, 3.63) is 34.6 Å². The van der Waals surface area contributed by atoms with Crippen LogP contribution < -0.4 is 5.32 Å². The lowest BCUT2D eigenvalue weighted by Gasteiger charge is -2.27. The van der Waals surface area contributed by atoms with Gasteiger partial charge in [-0.25, -0.2) is 4.39 Å². The van der Waals surface area contributed by atoms with E-state index in [-0.39, 0.29) is 16.9 Å². The van der Waals surface area contributed by atoms with Crippen LogP contribution in [0.15, 0.2) is 18.2 Å². The largest absolute Gasteiger partial charge is 0.310 e. The average molecular weight is 298 g/mol. The predicted octanol–water partition coefficient (Wildman–Crippen LogP) is 5.35. The van der Waals surface area contributed by atoms with Gasteiger partial charge in [-0.05, 0) is 55.8 Å². The van der Waals surface area contributed by atoms with E-state index in [4.69, 9.17) is 11.6 Å². The van der Waals surface area contributed by atoms with Crippen LogP contribution in [0.2, 0.25) is 5.02 Å². The first-order valence-corrected chi connectivity index (χ1v) is 8.12. The third kappa shape index (κ3) is 4.46. The summed E-state index contributed by atoms with van der Waals surface area (Å²) in [5.74, 6) is 1.41. The molecule has 112 valence electrons. The van der Waals surface area contributed by atoms with Gasteiger partial charge in [0.05, 0.1) is 5.02 Å². The van der Waals surface area contributed by atoms with Crippen molar-refractivity contribution in [3.8, 4) is 0 Å². The van der Waals surface area contributed by atoms with E-state index in [1.54, 1.807) is 6.07 Å². The zero-order valence-electron chi connectivity index (χ0n) is 12.5. The Morgan fingerprint density at radius 1 is 1.40 bits per heavy atom. The van der Waals surface area contributed by atoms with Crippen LogP contribution in [-0.4, -0.2) is 6.54 Å². The SMILES string of the molecule is CC1CCCC(CCNC(C)c2ccc(Cl)c(F)c2)C1. The molecule has 1 fully saturated rings. The first-order valence-electron chi connectivity index (χ1n) is 7.74. The van der Waals surface area contributed by atoms with E-state index in [9.17, 15) is 4.39 Å². The van der Waals surface area contributed by atoms with Gasteiger partial charge in [-0.3, -0.25) is 0 Å². The van der Waals surface area contributed by atoms with Crippen molar-refractivity contribution in [2.75, 3.05) is 6.54 Å². The Balaban J connectivity index is 1.77. The molecule has 0 amide bonds. The van der Waals surface area contributed by atoms with Gasteiger partial charge in [0.25, 0.3) is 0 Å². The van der Waals surface area contributed by atoms with Gasteiger partial charge in [-0.2, -0.15) is 0 Å². The summed E-state index contributed by atoms with van der Waals surface area (Å²) in [5, 5.41) is 3.69. The molecule has 1 aromatic rings. The van der Waals surface area contributed by atoms with E-state index < -0.39 is 0 Å². The number of benzene rings is 1. The van der Waals surface area contributed by atoms with Crippen molar-refractivity contribution < 1.29 is 4.39 Å². The highest BCUT2D eigenvalue weighted by molar-refractivity contribution is 6.30. The van der Waals surface area contributed by atoms with Crippen LogP contribution in [0, 0.1) is 17.7 Å². The zero-order valence-corrected chi connectivity index (χ0v) is 13.2. The number of hydrogen-bond donors (Lipinski definition) is 1. The van der Waals surface area contributed by atoms with E-state index in [1.165, 1.54) is 38.2 Å². The van der Waals surface area contributed by atoms with Crippen LogP contribution in [0.4, 0.5) is 4.39 Å². The molecule has 0 aliphatic heterocycles. The Morgan fingerprint density at radius 2 is 2.20 bits per heavy atom. The fourth-order valence-corrected chi connectivity index (χ4v) is 3.34. The molecule has 1 aliphatic rings. The predicted molar refractivity (Wildman–Crippen MR) is 83.6 cm³/mol. The maximum absolute atomic E-state index is 13.4. The molecular formula is C17H25ClFN. The molecular weight excluding hydrogens is 273 g/mol. The Labute approximate surface area is 126 Å². The van der Waals surface area contributed by atoms with Crippen LogP contribution in [0.5, 0.6) is 0 Å². The molecule has 1 aliphatic carbocycles. The van der Waals surface area contributed by atoms with Gasteiger partial charge in [-0.1, -0.05) is 43.9 Å². The molecule has 3 heteroatoms. The second-order valence-electron chi connectivity index (χ2n) is 6.28. The van der Waals surface area contributed by atoms with Crippen molar-refractivity contribution in [2.24, 2.45) is 11.8 Å². The van der Waals surface area contributed by atoms with Gasteiger partial charge in [0.15, 0.2) is 0 Å². The summed E-state index contributed by atoms with van der Waals surface area (Å²) in [4.78, 5) is 0. The summed E-state index contributed by atoms with van der Waals surface area (Å²) in [6.45, 7) is 5.44. The molecule has 0 spiro atoms. The number of nitrogens with one attached hydrogen (secondary N) is 1. The Hall–Kier alpha value is -0.600. The highest BCUT2D eigenvalue weighted by atomic mass is 35.5. The lowest BCUT2D eigenvalue weighted by molar-refractivity contribution is 0.265. The Kier molecular flexibility index (Phi) is 5.86. The molecule has 0 heterocycles. The highest BCUT2D eigenvalue weighted by Crippen LogP contribution is 2.30. The molecule has 3 atom stereocenters. The van der Waals surface area contributed by atoms with Crippen molar-refractivity contribution >= 4 is 11.6 Å². The molecule has 0 radical (unpaired) electrons. The third-order valence-electron chi connectivity index (χ3n) is 4.49. The minimum atomic E-state index is -0.334. The van der Waals surface area contributed by atoms with Crippen molar-refractivity contribution in [1.82, 2.24) is 5.32 Å². The maximum atomic E-state index is 13.4. The monoisotopic (exact) mass is 297 g/mol. The molecule has 0 saturated heterocycles. The minimum absolute atomic E-state index is 0.169. The van der Waals surface area contributed by atoms with Crippen molar-refractivity contribution in [3.63, 3.8) is 0 Å². The van der Waals surface area contributed by atoms with Gasteiger partial charge >= 0.3 is 0 Å². The van der Waals surface area contributed by atoms with Gasteiger partial charge in [-0.15, -0.1) is 0 Å². The highest BCUT2D eigenvalue weighted by Gasteiger charge is 2.18. The molecule has 3 unspecified atom stereocenters. The Bertz CT molecular complexity index is 435. The van der Waals surface area contributed by atoms with Crippen LogP contribution in [0.25, 0.3) is 0 Å². The molecule has 1 N–H and O–H groups in total. The van der Waals surface area contributed by atoms with E-state index in [0.717, 1.165) is 23.9 Å². The second kappa shape index (κ2) is 7.42. The average Bonchev–Trinajstić information content (AvgIpc) is 2.42. The minimum Gasteiger partial charge on any atom is -0.310 e. The van der Waals surface area contributed by atoms with Crippen molar-refractivity contribution in [2.45, 2.75) is 52.0 Å². The van der Waals surface area contributed by atoms with E-state index in [1.807, 2.05) is 6.07 Å². The van der Waals surface area contributed by atoms with Gasteiger partial charge in [0.1, 0.15) is 5.82 Å². The molecule has 2 rings (SSSR count). The van der Waals surface area contributed by atoms with Gasteiger partial charge < -0.3 is 5.32 Å². The zero-order chi connectivity index (χ0) is 14.5. The van der Waals surface area contributed by atoms with Crippen LogP contribution in [-0.2, 0) is 0 Å². The summed E-state index contributed by atoms with van der Waals surface area (Å²) < 4.78 is 13.4. The van der Waals surface area contributed by atoms with Gasteiger partial charge in [0, 0.05) is 6.04 Å². The first kappa shape index (κ1) is 15.8. The first-order chi connectivity index (χ1) is 9.56. The van der Waals surface area contributed by atoms with E-state index >= 15 is 0 Å². The summed E-state index contributed by atoms with van der Waals surface area (Å²) in [6.07, 6.45) is 6.74. The Morgan fingerprint density at radius 3 is 2.90 bits per heavy atom. The third-order valence-corrected chi connectivity index (χ3v) is 4.80. The molecule has 1 nitrogen and oxygen atoms in total. The second-order valence-corrected chi connectivity index (χ2v) is 6.68. The molecule has 1 aromatic carbocycles. The summed E-state index contributed by atoms with van der Waals surface area (Å²) in [5.41, 5.74) is 0.962. The lowest BCUT2D eigenvalue weighted by Crippen LogP contribution is -2.24. The standard InChI is InChI=1S/C17H25ClFN/c1-12-4-3-5-14(10-12)8-9-20-13(2)15-6-7-16(18)17(19)11-15/h6-7,11-14,20H,3-5,8-10H2,1-2H3. The number of halogens is 2. The number of hydrogen-bond acceptors (Lipinski definition) is 1. The smallest absolute Gasteiger partial charge is 0.142 e. The normalized spacial score (nSPS) is 24.6. The maximum Gasteiger partial charge on any atom is 0.142 e. The lowest BCUT2D eigenvalue weighted by atomic mass is 9.81. The van der Waals surface area contributed by atoms with E-state index in [0.29, 0.717) is 0 Å². The fourth-order valence-electron chi connectivity index (χ4n) is 3.23. The molecule has 0 bridgehead atoms. The number of rotatable bonds is 5. The molecule has 0 aromatic heterocycles.